The molecule has 0 spiro atoms. The maximum atomic E-state index is 5.98. The van der Waals surface area contributed by atoms with E-state index in [4.69, 9.17) is 10.5 Å². The summed E-state index contributed by atoms with van der Waals surface area (Å²) in [4.78, 5) is 0. The molecular weight excluding hydrogens is 260 g/mol. The molecule has 114 valence electrons. The second kappa shape index (κ2) is 6.63. The fourth-order valence-electron chi connectivity index (χ4n) is 3.37. The van der Waals surface area contributed by atoms with E-state index in [1.165, 1.54) is 35.7 Å². The number of fused-ring (bicyclic) bond motifs is 1. The van der Waals surface area contributed by atoms with Crippen LogP contribution in [0.5, 0.6) is 0 Å². The highest BCUT2D eigenvalue weighted by molar-refractivity contribution is 5.84. The molecule has 0 bridgehead atoms. The van der Waals surface area contributed by atoms with Crippen LogP contribution in [0.15, 0.2) is 30.5 Å². The summed E-state index contributed by atoms with van der Waals surface area (Å²) in [5.74, 6) is 0. The molecule has 0 amide bonds. The smallest absolute Gasteiger partial charge is 0.0758 e. The first-order chi connectivity index (χ1) is 10.3. The minimum atomic E-state index is 0.368. The number of rotatable bonds is 6. The van der Waals surface area contributed by atoms with E-state index >= 15 is 0 Å². The zero-order valence-corrected chi connectivity index (χ0v) is 12.9. The average molecular weight is 286 g/mol. The fourth-order valence-corrected chi connectivity index (χ4v) is 3.37. The molecule has 3 heteroatoms. The van der Waals surface area contributed by atoms with Gasteiger partial charge in [-0.1, -0.05) is 18.2 Å². The van der Waals surface area contributed by atoms with Crippen LogP contribution in [0.2, 0.25) is 0 Å². The first-order valence-corrected chi connectivity index (χ1v) is 8.20. The number of nitrogens with two attached hydrogens (primary N) is 1. The molecule has 3 nitrogen and oxygen atoms in total. The van der Waals surface area contributed by atoms with Crippen LogP contribution in [0.1, 0.15) is 38.2 Å². The summed E-state index contributed by atoms with van der Waals surface area (Å²) in [5, 5.41) is 1.39. The van der Waals surface area contributed by atoms with Gasteiger partial charge in [-0.2, -0.15) is 0 Å². The van der Waals surface area contributed by atoms with Gasteiger partial charge >= 0.3 is 0 Å². The minimum absolute atomic E-state index is 0.368. The molecule has 1 saturated heterocycles. The van der Waals surface area contributed by atoms with Crippen molar-refractivity contribution < 1.29 is 4.74 Å². The Balaban J connectivity index is 1.81. The molecule has 1 aliphatic heterocycles. The van der Waals surface area contributed by atoms with E-state index in [-0.39, 0.29) is 0 Å². The summed E-state index contributed by atoms with van der Waals surface area (Å²) in [7, 11) is 0. The normalized spacial score (nSPS) is 22.2. The van der Waals surface area contributed by atoms with Crippen LogP contribution in [-0.4, -0.2) is 23.3 Å². The summed E-state index contributed by atoms with van der Waals surface area (Å²) in [6, 6.07) is 8.72. The second-order valence-electron chi connectivity index (χ2n) is 6.22. The average Bonchev–Trinajstić information content (AvgIpc) is 3.05. The number of benzene rings is 1. The lowest BCUT2D eigenvalue weighted by atomic mass is 10.1. The summed E-state index contributed by atoms with van der Waals surface area (Å²) in [6.07, 6.45) is 8.86. The maximum absolute atomic E-state index is 5.98. The molecule has 2 N–H and O–H groups in total. The van der Waals surface area contributed by atoms with Gasteiger partial charge in [0.05, 0.1) is 12.2 Å². The third-order valence-electron chi connectivity index (χ3n) is 4.49. The molecule has 1 aromatic carbocycles. The van der Waals surface area contributed by atoms with E-state index in [1.807, 2.05) is 0 Å². The first kappa shape index (κ1) is 14.6. The number of ether oxygens (including phenoxy) is 1. The minimum Gasteiger partial charge on any atom is -0.373 e. The van der Waals surface area contributed by atoms with E-state index in [1.54, 1.807) is 0 Å². The lowest BCUT2D eigenvalue weighted by Crippen LogP contribution is -2.15. The van der Waals surface area contributed by atoms with Crippen molar-refractivity contribution >= 4 is 10.9 Å². The number of nitrogens with zero attached hydrogens (tertiary/aromatic N) is 1. The Bertz CT molecular complexity index is 590. The van der Waals surface area contributed by atoms with Gasteiger partial charge in [-0.25, -0.2) is 0 Å². The number of para-hydroxylation sites is 1. The number of hydrogen-bond donors (Lipinski definition) is 1. The summed E-state index contributed by atoms with van der Waals surface area (Å²) < 4.78 is 8.37. The molecule has 1 aliphatic rings. The van der Waals surface area contributed by atoms with E-state index < -0.39 is 0 Å². The van der Waals surface area contributed by atoms with Crippen LogP contribution in [0.3, 0.4) is 0 Å². The van der Waals surface area contributed by atoms with Gasteiger partial charge in [0.2, 0.25) is 0 Å². The fraction of sp³-hybridized carbons (Fsp3) is 0.556. The molecule has 1 fully saturated rings. The Hall–Kier alpha value is -1.32. The predicted octanol–water partition coefficient (Wildman–Crippen LogP) is 3.49. The maximum Gasteiger partial charge on any atom is 0.0758 e. The molecule has 0 aliphatic carbocycles. The Morgan fingerprint density at radius 3 is 2.86 bits per heavy atom. The first-order valence-electron chi connectivity index (χ1n) is 8.20. The van der Waals surface area contributed by atoms with Crippen molar-refractivity contribution in [2.24, 2.45) is 5.73 Å². The number of unbranched alkanes of at least 4 members (excludes halogenated alkanes) is 1. The van der Waals surface area contributed by atoms with E-state index in [0.29, 0.717) is 12.2 Å². The summed E-state index contributed by atoms with van der Waals surface area (Å²) >= 11 is 0. The van der Waals surface area contributed by atoms with Crippen molar-refractivity contribution in [3.63, 3.8) is 0 Å². The molecule has 1 aromatic heterocycles. The lowest BCUT2D eigenvalue weighted by Gasteiger charge is -2.13. The molecule has 2 aromatic rings. The lowest BCUT2D eigenvalue weighted by molar-refractivity contribution is 0.0465. The zero-order chi connectivity index (χ0) is 14.7. The third kappa shape index (κ3) is 3.30. The molecule has 0 saturated carbocycles. The van der Waals surface area contributed by atoms with Crippen molar-refractivity contribution in [2.45, 2.75) is 57.8 Å². The van der Waals surface area contributed by atoms with Gasteiger partial charge in [-0.05, 0) is 57.2 Å². The molecule has 2 unspecified atom stereocenters. The van der Waals surface area contributed by atoms with Gasteiger partial charge in [0.1, 0.15) is 0 Å². The highest BCUT2D eigenvalue weighted by Gasteiger charge is 2.22. The van der Waals surface area contributed by atoms with Gasteiger partial charge in [0.15, 0.2) is 0 Å². The second-order valence-corrected chi connectivity index (χ2v) is 6.22. The van der Waals surface area contributed by atoms with Crippen molar-refractivity contribution in [2.75, 3.05) is 6.54 Å². The van der Waals surface area contributed by atoms with Crippen LogP contribution in [-0.2, 0) is 17.7 Å². The van der Waals surface area contributed by atoms with Crippen molar-refractivity contribution in [3.8, 4) is 0 Å². The summed E-state index contributed by atoms with van der Waals surface area (Å²) in [5.41, 5.74) is 8.40. The number of aromatic nitrogens is 1. The highest BCUT2D eigenvalue weighted by atomic mass is 16.5. The predicted molar refractivity (Wildman–Crippen MR) is 87.5 cm³/mol. The zero-order valence-electron chi connectivity index (χ0n) is 12.9. The molecule has 21 heavy (non-hydrogen) atoms. The van der Waals surface area contributed by atoms with Crippen molar-refractivity contribution in [3.05, 3.63) is 36.0 Å². The number of hydrogen-bond acceptors (Lipinski definition) is 2. The Morgan fingerprint density at radius 1 is 1.24 bits per heavy atom. The van der Waals surface area contributed by atoms with Crippen LogP contribution < -0.4 is 5.73 Å². The number of aryl methyl sites for hydroxylation is 1. The van der Waals surface area contributed by atoms with Gasteiger partial charge in [-0.3, -0.25) is 0 Å². The molecule has 2 heterocycles. The third-order valence-corrected chi connectivity index (χ3v) is 4.49. The highest BCUT2D eigenvalue weighted by Crippen LogP contribution is 2.26. The molecule has 3 rings (SSSR count). The largest absolute Gasteiger partial charge is 0.373 e. The monoisotopic (exact) mass is 286 g/mol. The SMILES string of the molecule is CC1CCC(Cn2cc(CCCCN)c3ccccc32)O1. The topological polar surface area (TPSA) is 40.2 Å². The van der Waals surface area contributed by atoms with Gasteiger partial charge < -0.3 is 15.0 Å². The van der Waals surface area contributed by atoms with Crippen molar-refractivity contribution in [1.29, 1.82) is 0 Å². The van der Waals surface area contributed by atoms with E-state index in [2.05, 4.69) is 42.0 Å². The van der Waals surface area contributed by atoms with E-state index in [9.17, 15) is 0 Å². The Morgan fingerprint density at radius 2 is 2.10 bits per heavy atom. The summed E-state index contributed by atoms with van der Waals surface area (Å²) in [6.45, 7) is 3.93. The van der Waals surface area contributed by atoms with Crippen LogP contribution in [0, 0.1) is 0 Å². The molecule has 2 atom stereocenters. The van der Waals surface area contributed by atoms with Crippen LogP contribution in [0.25, 0.3) is 10.9 Å². The van der Waals surface area contributed by atoms with Gasteiger partial charge in [-0.15, -0.1) is 0 Å². The quantitative estimate of drug-likeness (QED) is 0.826. The Labute approximate surface area is 127 Å². The van der Waals surface area contributed by atoms with Crippen LogP contribution in [0.4, 0.5) is 0 Å². The van der Waals surface area contributed by atoms with Crippen molar-refractivity contribution in [1.82, 2.24) is 4.57 Å². The van der Waals surface area contributed by atoms with Gasteiger partial charge in [0.25, 0.3) is 0 Å². The molecule has 0 radical (unpaired) electrons. The Kier molecular flexibility index (Phi) is 4.61. The van der Waals surface area contributed by atoms with Crippen LogP contribution >= 0.6 is 0 Å². The molecular formula is C18H26N2O. The van der Waals surface area contributed by atoms with Gasteiger partial charge in [0, 0.05) is 23.6 Å². The standard InChI is InChI=1S/C18H26N2O/c1-14-9-10-16(21-14)13-20-12-15(6-4-5-11-19)17-7-2-3-8-18(17)20/h2-3,7-8,12,14,16H,4-6,9-11,13,19H2,1H3. The van der Waals surface area contributed by atoms with E-state index in [0.717, 1.165) is 25.9 Å².